The van der Waals surface area contributed by atoms with Crippen LogP contribution in [0, 0.1) is 0 Å². The number of amides is 2. The SMILES string of the molecule is COc1ccc(NC(=O)N2CCC[C@@H]2c2nc(-c3ccccc3OC)no2)cc1. The zero-order chi connectivity index (χ0) is 20.2. The topological polar surface area (TPSA) is 89.7 Å². The van der Waals surface area contributed by atoms with Crippen LogP contribution in [-0.4, -0.2) is 41.8 Å². The van der Waals surface area contributed by atoms with E-state index < -0.39 is 0 Å². The third-order valence-corrected chi connectivity index (χ3v) is 4.93. The Bertz CT molecular complexity index is 986. The summed E-state index contributed by atoms with van der Waals surface area (Å²) in [7, 11) is 3.20. The van der Waals surface area contributed by atoms with Gasteiger partial charge in [-0.3, -0.25) is 0 Å². The zero-order valence-electron chi connectivity index (χ0n) is 16.3. The van der Waals surface area contributed by atoms with Crippen molar-refractivity contribution in [3.05, 3.63) is 54.4 Å². The zero-order valence-corrected chi connectivity index (χ0v) is 16.3. The number of para-hydroxylation sites is 1. The van der Waals surface area contributed by atoms with Crippen molar-refractivity contribution in [2.24, 2.45) is 0 Å². The Morgan fingerprint density at radius 3 is 2.69 bits per heavy atom. The minimum atomic E-state index is -0.260. The predicted molar refractivity (Wildman–Crippen MR) is 107 cm³/mol. The van der Waals surface area contributed by atoms with E-state index in [0.29, 0.717) is 29.7 Å². The van der Waals surface area contributed by atoms with E-state index in [2.05, 4.69) is 15.5 Å². The summed E-state index contributed by atoms with van der Waals surface area (Å²) in [6, 6.07) is 14.2. The van der Waals surface area contributed by atoms with E-state index in [9.17, 15) is 4.79 Å². The van der Waals surface area contributed by atoms with Gasteiger partial charge in [-0.25, -0.2) is 4.79 Å². The van der Waals surface area contributed by atoms with Crippen molar-refractivity contribution in [2.75, 3.05) is 26.1 Å². The number of hydrogen-bond donors (Lipinski definition) is 1. The average Bonchev–Trinajstić information content (AvgIpc) is 3.43. The highest BCUT2D eigenvalue weighted by Crippen LogP contribution is 2.34. The van der Waals surface area contributed by atoms with Gasteiger partial charge in [0.25, 0.3) is 0 Å². The second-order valence-corrected chi connectivity index (χ2v) is 6.67. The fourth-order valence-electron chi connectivity index (χ4n) is 3.45. The van der Waals surface area contributed by atoms with Crippen molar-refractivity contribution in [1.82, 2.24) is 15.0 Å². The first-order valence-corrected chi connectivity index (χ1v) is 9.38. The van der Waals surface area contributed by atoms with Gasteiger partial charge in [-0.05, 0) is 49.2 Å². The number of ether oxygens (including phenoxy) is 2. The van der Waals surface area contributed by atoms with Gasteiger partial charge in [-0.1, -0.05) is 17.3 Å². The predicted octanol–water partition coefficient (Wildman–Crippen LogP) is 4.12. The van der Waals surface area contributed by atoms with Crippen LogP contribution in [0.4, 0.5) is 10.5 Å². The average molecular weight is 394 g/mol. The lowest BCUT2D eigenvalue weighted by molar-refractivity contribution is 0.193. The molecule has 0 radical (unpaired) electrons. The number of likely N-dealkylation sites (tertiary alicyclic amines) is 1. The first kappa shape index (κ1) is 18.8. The molecule has 2 aromatic carbocycles. The standard InChI is InChI=1S/C21H22N4O4/c1-27-15-11-9-14(10-12-15)22-21(26)25-13-5-7-17(25)20-23-19(24-29-20)16-6-3-4-8-18(16)28-2/h3-4,6,8-12,17H,5,7,13H2,1-2H3,(H,22,26)/t17-/m1/s1. The van der Waals surface area contributed by atoms with Gasteiger partial charge < -0.3 is 24.2 Å². The highest BCUT2D eigenvalue weighted by Gasteiger charge is 2.34. The smallest absolute Gasteiger partial charge is 0.322 e. The third-order valence-electron chi connectivity index (χ3n) is 4.93. The van der Waals surface area contributed by atoms with E-state index >= 15 is 0 Å². The molecule has 1 N–H and O–H groups in total. The van der Waals surface area contributed by atoms with Crippen LogP contribution in [0.1, 0.15) is 24.8 Å². The van der Waals surface area contributed by atoms with Gasteiger partial charge in [0.05, 0.1) is 19.8 Å². The first-order valence-electron chi connectivity index (χ1n) is 9.38. The quantitative estimate of drug-likeness (QED) is 0.700. The van der Waals surface area contributed by atoms with Crippen molar-refractivity contribution in [3.8, 4) is 22.9 Å². The van der Waals surface area contributed by atoms with Crippen LogP contribution < -0.4 is 14.8 Å². The minimum Gasteiger partial charge on any atom is -0.497 e. The maximum Gasteiger partial charge on any atom is 0.322 e. The summed E-state index contributed by atoms with van der Waals surface area (Å²) >= 11 is 0. The molecular weight excluding hydrogens is 372 g/mol. The molecule has 1 aliphatic rings. The Kier molecular flexibility index (Phi) is 5.33. The van der Waals surface area contributed by atoms with Gasteiger partial charge in [-0.15, -0.1) is 0 Å². The van der Waals surface area contributed by atoms with Gasteiger partial charge in [0, 0.05) is 12.2 Å². The number of rotatable bonds is 5. The molecule has 2 amide bonds. The maximum atomic E-state index is 12.8. The third kappa shape index (κ3) is 3.87. The molecule has 4 rings (SSSR count). The van der Waals surface area contributed by atoms with Crippen molar-refractivity contribution >= 4 is 11.7 Å². The summed E-state index contributed by atoms with van der Waals surface area (Å²) in [4.78, 5) is 19.1. The van der Waals surface area contributed by atoms with Gasteiger partial charge in [0.15, 0.2) is 0 Å². The molecule has 8 heteroatoms. The monoisotopic (exact) mass is 394 g/mol. The summed E-state index contributed by atoms with van der Waals surface area (Å²) in [5.74, 6) is 2.27. The molecule has 29 heavy (non-hydrogen) atoms. The van der Waals surface area contributed by atoms with E-state index in [1.165, 1.54) is 0 Å². The summed E-state index contributed by atoms with van der Waals surface area (Å²) in [6.45, 7) is 0.624. The van der Waals surface area contributed by atoms with Crippen LogP contribution in [0.5, 0.6) is 11.5 Å². The highest BCUT2D eigenvalue weighted by atomic mass is 16.5. The number of methoxy groups -OCH3 is 2. The molecule has 0 unspecified atom stereocenters. The molecule has 1 atom stereocenters. The minimum absolute atomic E-state index is 0.199. The molecule has 150 valence electrons. The van der Waals surface area contributed by atoms with Crippen LogP contribution in [0.3, 0.4) is 0 Å². The van der Waals surface area contributed by atoms with Gasteiger partial charge in [0.2, 0.25) is 11.7 Å². The van der Waals surface area contributed by atoms with Gasteiger partial charge in [-0.2, -0.15) is 4.98 Å². The van der Waals surface area contributed by atoms with E-state index in [-0.39, 0.29) is 12.1 Å². The molecule has 1 aliphatic heterocycles. The fraction of sp³-hybridized carbons (Fsp3) is 0.286. The lowest BCUT2D eigenvalue weighted by atomic mass is 10.2. The number of aromatic nitrogens is 2. The molecule has 8 nitrogen and oxygen atoms in total. The molecule has 0 saturated carbocycles. The maximum absolute atomic E-state index is 12.8. The lowest BCUT2D eigenvalue weighted by Gasteiger charge is -2.22. The molecule has 1 aromatic heterocycles. The van der Waals surface area contributed by atoms with E-state index in [0.717, 1.165) is 24.2 Å². The Morgan fingerprint density at radius 2 is 1.93 bits per heavy atom. The number of hydrogen-bond acceptors (Lipinski definition) is 6. The first-order chi connectivity index (χ1) is 14.2. The van der Waals surface area contributed by atoms with E-state index in [1.807, 2.05) is 24.3 Å². The van der Waals surface area contributed by atoms with Crippen LogP contribution in [0.25, 0.3) is 11.4 Å². The Labute approximate surface area is 168 Å². The fourth-order valence-corrected chi connectivity index (χ4v) is 3.45. The van der Waals surface area contributed by atoms with Crippen LogP contribution >= 0.6 is 0 Å². The molecular formula is C21H22N4O4. The largest absolute Gasteiger partial charge is 0.497 e. The van der Waals surface area contributed by atoms with Crippen molar-refractivity contribution in [1.29, 1.82) is 0 Å². The number of nitrogens with one attached hydrogen (secondary N) is 1. The summed E-state index contributed by atoms with van der Waals surface area (Å²) in [5, 5.41) is 7.01. The molecule has 2 heterocycles. The Balaban J connectivity index is 1.51. The van der Waals surface area contributed by atoms with Crippen LogP contribution in [0.2, 0.25) is 0 Å². The van der Waals surface area contributed by atoms with Gasteiger partial charge >= 0.3 is 6.03 Å². The van der Waals surface area contributed by atoms with Crippen LogP contribution in [0.15, 0.2) is 53.1 Å². The van der Waals surface area contributed by atoms with E-state index in [1.54, 1.807) is 43.4 Å². The molecule has 0 aliphatic carbocycles. The number of anilines is 1. The molecule has 3 aromatic rings. The van der Waals surface area contributed by atoms with Crippen molar-refractivity contribution in [3.63, 3.8) is 0 Å². The summed E-state index contributed by atoms with van der Waals surface area (Å²) in [5.41, 5.74) is 1.44. The van der Waals surface area contributed by atoms with Crippen molar-refractivity contribution in [2.45, 2.75) is 18.9 Å². The van der Waals surface area contributed by atoms with E-state index in [4.69, 9.17) is 14.0 Å². The second-order valence-electron chi connectivity index (χ2n) is 6.67. The molecule has 0 bridgehead atoms. The summed E-state index contributed by atoms with van der Waals surface area (Å²) < 4.78 is 16.0. The molecule has 0 spiro atoms. The summed E-state index contributed by atoms with van der Waals surface area (Å²) in [6.07, 6.45) is 1.64. The molecule has 1 fully saturated rings. The van der Waals surface area contributed by atoms with Gasteiger partial charge in [0.1, 0.15) is 17.5 Å². The second kappa shape index (κ2) is 8.22. The number of nitrogens with zero attached hydrogens (tertiary/aromatic N) is 3. The Hall–Kier alpha value is -3.55. The number of benzene rings is 2. The lowest BCUT2D eigenvalue weighted by Crippen LogP contribution is -2.34. The van der Waals surface area contributed by atoms with Crippen molar-refractivity contribution < 1.29 is 18.8 Å². The number of urea groups is 1. The molecule has 1 saturated heterocycles. The number of carbonyl (C=O) groups is 1. The van der Waals surface area contributed by atoms with Crippen LogP contribution in [-0.2, 0) is 0 Å². The normalized spacial score (nSPS) is 15.9. The highest BCUT2D eigenvalue weighted by molar-refractivity contribution is 5.89. The Morgan fingerprint density at radius 1 is 1.14 bits per heavy atom. The number of carbonyl (C=O) groups excluding carboxylic acids is 1.